The van der Waals surface area contributed by atoms with Gasteiger partial charge in [0, 0.05) is 12.8 Å². The third kappa shape index (κ3) is 4.88. The number of nitrogens with zero attached hydrogens (tertiary/aromatic N) is 1. The number of thiophene rings is 1. The van der Waals surface area contributed by atoms with E-state index in [2.05, 4.69) is 15.3 Å². The summed E-state index contributed by atoms with van der Waals surface area (Å²) >= 11 is 1.32. The molecule has 5 nitrogen and oxygen atoms in total. The Morgan fingerprint density at radius 1 is 1.00 bits per heavy atom. The van der Waals surface area contributed by atoms with Gasteiger partial charge in [-0.1, -0.05) is 42.5 Å². The lowest BCUT2D eigenvalue weighted by atomic mass is 9.98. The van der Waals surface area contributed by atoms with Crippen molar-refractivity contribution in [2.75, 3.05) is 0 Å². The van der Waals surface area contributed by atoms with Gasteiger partial charge >= 0.3 is 6.18 Å². The molecule has 2 aromatic heterocycles. The van der Waals surface area contributed by atoms with Crippen molar-refractivity contribution in [2.24, 2.45) is 0 Å². The summed E-state index contributed by atoms with van der Waals surface area (Å²) in [6.07, 6.45) is -4.51. The Morgan fingerprint density at radius 3 is 2.47 bits per heavy atom. The molecule has 0 aliphatic carbocycles. The molecule has 0 saturated carbocycles. The highest BCUT2D eigenvalue weighted by Crippen LogP contribution is 2.30. The highest BCUT2D eigenvalue weighted by atomic mass is 32.1. The van der Waals surface area contributed by atoms with E-state index in [1.54, 1.807) is 29.6 Å². The lowest BCUT2D eigenvalue weighted by Gasteiger charge is -2.20. The number of rotatable bonds is 7. The summed E-state index contributed by atoms with van der Waals surface area (Å²) in [5.41, 5.74) is 1.76. The van der Waals surface area contributed by atoms with E-state index in [1.807, 2.05) is 30.3 Å². The number of carbonyl (C=O) groups excluding carboxylic acids is 2. The number of nitrogens with one attached hydrogen (secondary N) is 2. The third-order valence-corrected chi connectivity index (χ3v) is 5.83. The maximum Gasteiger partial charge on any atom is 0.449 e. The minimum absolute atomic E-state index is 0.00455. The second-order valence-electron chi connectivity index (χ2n) is 7.17. The number of H-pyrrole nitrogens is 1. The molecule has 0 saturated heterocycles. The van der Waals surface area contributed by atoms with Crippen LogP contribution in [0.25, 0.3) is 11.0 Å². The van der Waals surface area contributed by atoms with Crippen LogP contribution in [0.4, 0.5) is 13.2 Å². The monoisotopic (exact) mass is 457 g/mol. The van der Waals surface area contributed by atoms with Crippen LogP contribution in [0.5, 0.6) is 0 Å². The van der Waals surface area contributed by atoms with Crippen LogP contribution < -0.4 is 5.32 Å². The molecule has 0 spiro atoms. The van der Waals surface area contributed by atoms with E-state index in [0.29, 0.717) is 10.4 Å². The number of carbonyl (C=O) groups is 2. The number of aromatic nitrogens is 2. The fourth-order valence-corrected chi connectivity index (χ4v) is 4.06. The smallest absolute Gasteiger partial charge is 0.345 e. The number of alkyl halides is 3. The van der Waals surface area contributed by atoms with Crippen LogP contribution in [0.15, 0.2) is 66.0 Å². The zero-order chi connectivity index (χ0) is 22.7. The highest BCUT2D eigenvalue weighted by molar-refractivity contribution is 7.12. The average Bonchev–Trinajstić information content (AvgIpc) is 3.46. The molecule has 0 unspecified atom stereocenters. The lowest BCUT2D eigenvalue weighted by Crippen LogP contribution is -2.29. The number of imidazole rings is 1. The molecule has 9 heteroatoms. The Morgan fingerprint density at radius 2 is 1.78 bits per heavy atom. The zero-order valence-electron chi connectivity index (χ0n) is 16.6. The van der Waals surface area contributed by atoms with Gasteiger partial charge in [-0.3, -0.25) is 9.59 Å². The maximum absolute atomic E-state index is 13.0. The molecular formula is C23H18F3N3O2S. The summed E-state index contributed by atoms with van der Waals surface area (Å²) in [6.45, 7) is 0. The summed E-state index contributed by atoms with van der Waals surface area (Å²) in [5.74, 6) is -1.51. The minimum Gasteiger partial charge on any atom is -0.345 e. The van der Waals surface area contributed by atoms with Crippen molar-refractivity contribution < 1.29 is 22.8 Å². The Kier molecular flexibility index (Phi) is 6.09. The summed E-state index contributed by atoms with van der Waals surface area (Å²) in [5, 5.41) is 4.71. The molecule has 32 heavy (non-hydrogen) atoms. The van der Waals surface area contributed by atoms with E-state index in [1.165, 1.54) is 17.4 Å². The third-order valence-electron chi connectivity index (χ3n) is 4.92. The minimum atomic E-state index is -4.58. The van der Waals surface area contributed by atoms with E-state index in [9.17, 15) is 22.8 Å². The van der Waals surface area contributed by atoms with Crippen molar-refractivity contribution in [3.63, 3.8) is 0 Å². The quantitative estimate of drug-likeness (QED) is 0.359. The van der Waals surface area contributed by atoms with E-state index in [0.717, 1.165) is 5.56 Å². The molecular weight excluding hydrogens is 439 g/mol. The van der Waals surface area contributed by atoms with Gasteiger partial charge < -0.3 is 10.3 Å². The van der Waals surface area contributed by atoms with Gasteiger partial charge in [0.15, 0.2) is 5.78 Å². The second-order valence-corrected chi connectivity index (χ2v) is 8.12. The number of amides is 1. The molecule has 0 bridgehead atoms. The maximum atomic E-state index is 13.0. The Bertz CT molecular complexity index is 1230. The Labute approximate surface area is 185 Å². The van der Waals surface area contributed by atoms with Crippen LogP contribution in [-0.2, 0) is 11.0 Å². The van der Waals surface area contributed by atoms with E-state index < -0.39 is 18.0 Å². The van der Waals surface area contributed by atoms with Crippen molar-refractivity contribution in [1.29, 1.82) is 0 Å². The number of ketones is 1. The van der Waals surface area contributed by atoms with Gasteiger partial charge in [0.25, 0.3) is 0 Å². The first-order chi connectivity index (χ1) is 15.3. The van der Waals surface area contributed by atoms with Gasteiger partial charge in [0.1, 0.15) is 0 Å². The molecule has 2 heterocycles. The number of hydrogen-bond donors (Lipinski definition) is 2. The van der Waals surface area contributed by atoms with Gasteiger partial charge in [-0.05, 0) is 34.7 Å². The Hall–Kier alpha value is -3.46. The number of halogens is 3. The summed E-state index contributed by atoms with van der Waals surface area (Å²) < 4.78 is 39.0. The SMILES string of the molecule is O=C(CCC(=O)c1cccs1)N[C@H](c1ccccc1)c1ccc2nc(C(F)(F)F)[nH]c2c1. The van der Waals surface area contributed by atoms with Crippen LogP contribution in [0.2, 0.25) is 0 Å². The van der Waals surface area contributed by atoms with Gasteiger partial charge in [0.2, 0.25) is 11.7 Å². The molecule has 1 amide bonds. The van der Waals surface area contributed by atoms with Gasteiger partial charge in [-0.15, -0.1) is 11.3 Å². The molecule has 0 fully saturated rings. The first-order valence-corrected chi connectivity index (χ1v) is 10.7. The Balaban J connectivity index is 1.57. The fourth-order valence-electron chi connectivity index (χ4n) is 3.37. The second kappa shape index (κ2) is 8.96. The first kappa shape index (κ1) is 21.8. The summed E-state index contributed by atoms with van der Waals surface area (Å²) in [7, 11) is 0. The average molecular weight is 457 g/mol. The summed E-state index contributed by atoms with van der Waals surface area (Å²) in [6, 6.07) is 16.7. The molecule has 2 aromatic carbocycles. The number of fused-ring (bicyclic) bond motifs is 1. The summed E-state index contributed by atoms with van der Waals surface area (Å²) in [4.78, 5) is 31.3. The van der Waals surface area contributed by atoms with E-state index in [4.69, 9.17) is 0 Å². The lowest BCUT2D eigenvalue weighted by molar-refractivity contribution is -0.144. The zero-order valence-corrected chi connectivity index (χ0v) is 17.5. The predicted octanol–water partition coefficient (Wildman–Crippen LogP) is 5.51. The van der Waals surface area contributed by atoms with Gasteiger partial charge in [-0.2, -0.15) is 13.2 Å². The largest absolute Gasteiger partial charge is 0.449 e. The standard InChI is InChI=1S/C23H18F3N3O2S/c24-23(25,26)22-27-16-9-8-15(13-17(16)28-22)21(14-5-2-1-3-6-14)29-20(31)11-10-18(30)19-7-4-12-32-19/h1-9,12-13,21H,10-11H2,(H,27,28)(H,29,31)/t21-/m1/s1. The number of aromatic amines is 1. The van der Waals surface area contributed by atoms with Crippen molar-refractivity contribution in [3.8, 4) is 0 Å². The van der Waals surface area contributed by atoms with Crippen LogP contribution in [0.1, 0.15) is 45.5 Å². The molecule has 4 aromatic rings. The van der Waals surface area contributed by atoms with Crippen molar-refractivity contribution in [2.45, 2.75) is 25.1 Å². The molecule has 1 atom stereocenters. The fraction of sp³-hybridized carbons (Fsp3) is 0.174. The normalized spacial score (nSPS) is 12.6. The molecule has 2 N–H and O–H groups in total. The molecule has 164 valence electrons. The van der Waals surface area contributed by atoms with Crippen molar-refractivity contribution in [1.82, 2.24) is 15.3 Å². The van der Waals surface area contributed by atoms with Crippen LogP contribution >= 0.6 is 11.3 Å². The molecule has 0 radical (unpaired) electrons. The predicted molar refractivity (Wildman–Crippen MR) is 115 cm³/mol. The number of benzene rings is 2. The van der Waals surface area contributed by atoms with E-state index in [-0.39, 0.29) is 35.6 Å². The molecule has 0 aliphatic rings. The van der Waals surface area contributed by atoms with Crippen LogP contribution in [0, 0.1) is 0 Å². The van der Waals surface area contributed by atoms with Crippen molar-refractivity contribution in [3.05, 3.63) is 87.9 Å². The van der Waals surface area contributed by atoms with Gasteiger partial charge in [-0.25, -0.2) is 4.98 Å². The molecule has 0 aliphatic heterocycles. The van der Waals surface area contributed by atoms with E-state index >= 15 is 0 Å². The highest BCUT2D eigenvalue weighted by Gasteiger charge is 2.34. The van der Waals surface area contributed by atoms with Crippen molar-refractivity contribution >= 4 is 34.1 Å². The number of hydrogen-bond acceptors (Lipinski definition) is 4. The first-order valence-electron chi connectivity index (χ1n) is 9.79. The van der Waals surface area contributed by atoms with Crippen LogP contribution in [0.3, 0.4) is 0 Å². The molecule has 4 rings (SSSR count). The van der Waals surface area contributed by atoms with Crippen LogP contribution in [-0.4, -0.2) is 21.7 Å². The van der Waals surface area contributed by atoms with Gasteiger partial charge in [0.05, 0.1) is 22.0 Å². The number of Topliss-reactive ketones (excluding diaryl/α,β-unsaturated/α-hetero) is 1. The topological polar surface area (TPSA) is 74.8 Å².